The summed E-state index contributed by atoms with van der Waals surface area (Å²) >= 11 is 0. The molecule has 1 N–H and O–H groups in total. The van der Waals surface area contributed by atoms with Crippen LogP contribution in [0.3, 0.4) is 0 Å². The van der Waals surface area contributed by atoms with Crippen LogP contribution in [0.4, 0.5) is 0 Å². The van der Waals surface area contributed by atoms with Gasteiger partial charge in [-0.05, 0) is 42.3 Å². The zero-order chi connectivity index (χ0) is 14.1. The largest absolute Gasteiger partial charge is 0.309 e. The van der Waals surface area contributed by atoms with Crippen molar-refractivity contribution < 1.29 is 0 Å². The third-order valence-electron chi connectivity index (χ3n) is 5.30. The van der Waals surface area contributed by atoms with Gasteiger partial charge in [0.25, 0.3) is 0 Å². The molecule has 0 amide bonds. The van der Waals surface area contributed by atoms with E-state index in [2.05, 4.69) is 55.3 Å². The normalized spacial score (nSPS) is 33.5. The minimum absolute atomic E-state index is 0.531. The van der Waals surface area contributed by atoms with E-state index in [1.165, 1.54) is 31.5 Å². The maximum atomic E-state index is 3.80. The average Bonchev–Trinajstić information content (AvgIpc) is 2.98. The van der Waals surface area contributed by atoms with Crippen LogP contribution in [-0.4, -0.2) is 30.6 Å². The Bertz CT molecular complexity index is 446. The van der Waals surface area contributed by atoms with Crippen LogP contribution >= 0.6 is 0 Å². The third kappa shape index (κ3) is 2.51. The van der Waals surface area contributed by atoms with Crippen molar-refractivity contribution in [1.29, 1.82) is 0 Å². The van der Waals surface area contributed by atoms with Crippen LogP contribution in [0, 0.1) is 11.8 Å². The lowest BCUT2D eigenvalue weighted by atomic mass is 10.0. The average molecular weight is 272 g/mol. The maximum absolute atomic E-state index is 3.80. The number of likely N-dealkylation sites (tertiary alicyclic amines) is 1. The van der Waals surface area contributed by atoms with Gasteiger partial charge < -0.3 is 5.32 Å². The molecule has 0 saturated carbocycles. The minimum atomic E-state index is 0.531. The summed E-state index contributed by atoms with van der Waals surface area (Å²) in [6, 6.07) is 10.2. The topological polar surface area (TPSA) is 15.3 Å². The van der Waals surface area contributed by atoms with Crippen LogP contribution in [0.1, 0.15) is 44.4 Å². The summed E-state index contributed by atoms with van der Waals surface area (Å²) < 4.78 is 0. The smallest absolute Gasteiger partial charge is 0.0484 e. The molecule has 110 valence electrons. The summed E-state index contributed by atoms with van der Waals surface area (Å²) in [5, 5.41) is 3.80. The summed E-state index contributed by atoms with van der Waals surface area (Å²) in [6.45, 7) is 10.7. The van der Waals surface area contributed by atoms with Gasteiger partial charge in [-0.15, -0.1) is 0 Å². The molecule has 1 aliphatic carbocycles. The van der Waals surface area contributed by atoms with Crippen molar-refractivity contribution >= 4 is 0 Å². The lowest BCUT2D eigenvalue weighted by Crippen LogP contribution is -2.42. The van der Waals surface area contributed by atoms with Gasteiger partial charge in [0.1, 0.15) is 0 Å². The maximum Gasteiger partial charge on any atom is 0.0484 e. The van der Waals surface area contributed by atoms with E-state index in [0.717, 1.165) is 18.4 Å². The van der Waals surface area contributed by atoms with Crippen LogP contribution in [0.25, 0.3) is 0 Å². The summed E-state index contributed by atoms with van der Waals surface area (Å²) in [5.74, 6) is 1.68. The van der Waals surface area contributed by atoms with E-state index in [-0.39, 0.29) is 0 Å². The lowest BCUT2D eigenvalue weighted by molar-refractivity contribution is 0.195. The molecule has 2 heteroatoms. The van der Waals surface area contributed by atoms with E-state index in [1.807, 2.05) is 0 Å². The van der Waals surface area contributed by atoms with Crippen molar-refractivity contribution in [1.82, 2.24) is 10.2 Å². The highest BCUT2D eigenvalue weighted by atomic mass is 15.2. The second-order valence-corrected chi connectivity index (χ2v) is 6.81. The zero-order valence-corrected chi connectivity index (χ0v) is 13.1. The lowest BCUT2D eigenvalue weighted by Gasteiger charge is -2.30. The number of rotatable bonds is 4. The van der Waals surface area contributed by atoms with Crippen molar-refractivity contribution in [2.75, 3.05) is 19.6 Å². The Morgan fingerprint density at radius 3 is 2.55 bits per heavy atom. The second kappa shape index (κ2) is 5.87. The quantitative estimate of drug-likeness (QED) is 0.905. The number of fused-ring (bicyclic) bond motifs is 1. The number of hydrogen-bond donors (Lipinski definition) is 1. The summed E-state index contributed by atoms with van der Waals surface area (Å²) in [7, 11) is 0. The van der Waals surface area contributed by atoms with Gasteiger partial charge in [0, 0.05) is 25.2 Å². The van der Waals surface area contributed by atoms with E-state index < -0.39 is 0 Å². The van der Waals surface area contributed by atoms with E-state index in [1.54, 1.807) is 5.56 Å². The highest BCUT2D eigenvalue weighted by Gasteiger charge is 2.39. The molecule has 1 aliphatic heterocycles. The molecule has 1 fully saturated rings. The predicted octanol–water partition coefficient (Wildman–Crippen LogP) is 3.24. The molecule has 20 heavy (non-hydrogen) atoms. The van der Waals surface area contributed by atoms with Crippen LogP contribution in [-0.2, 0) is 6.42 Å². The fraction of sp³-hybridized carbons (Fsp3) is 0.667. The van der Waals surface area contributed by atoms with Gasteiger partial charge in [-0.25, -0.2) is 0 Å². The molecule has 1 aromatic carbocycles. The molecule has 4 unspecified atom stereocenters. The van der Waals surface area contributed by atoms with Crippen LogP contribution in [0.15, 0.2) is 24.3 Å². The summed E-state index contributed by atoms with van der Waals surface area (Å²) in [5.41, 5.74) is 3.09. The first-order valence-electron chi connectivity index (χ1n) is 8.26. The fourth-order valence-electron chi connectivity index (χ4n) is 3.90. The van der Waals surface area contributed by atoms with E-state index in [0.29, 0.717) is 12.1 Å². The van der Waals surface area contributed by atoms with Crippen molar-refractivity contribution in [3.8, 4) is 0 Å². The molecule has 0 aromatic heterocycles. The summed E-state index contributed by atoms with van der Waals surface area (Å²) in [4.78, 5) is 2.74. The van der Waals surface area contributed by atoms with Gasteiger partial charge >= 0.3 is 0 Å². The highest BCUT2D eigenvalue weighted by Crippen LogP contribution is 2.37. The first-order valence-corrected chi connectivity index (χ1v) is 8.26. The van der Waals surface area contributed by atoms with Crippen molar-refractivity contribution in [2.45, 2.75) is 45.7 Å². The molecular formula is C18H28N2. The Balaban J connectivity index is 1.80. The first kappa shape index (κ1) is 14.1. The van der Waals surface area contributed by atoms with Gasteiger partial charge in [0.05, 0.1) is 0 Å². The molecule has 1 saturated heterocycles. The van der Waals surface area contributed by atoms with Gasteiger partial charge in [-0.1, -0.05) is 45.0 Å². The summed E-state index contributed by atoms with van der Waals surface area (Å²) in [6.07, 6.45) is 2.43. The molecule has 0 spiro atoms. The molecule has 1 aromatic rings. The van der Waals surface area contributed by atoms with Gasteiger partial charge in [0.15, 0.2) is 0 Å². The molecule has 0 bridgehead atoms. The molecule has 4 atom stereocenters. The third-order valence-corrected chi connectivity index (χ3v) is 5.30. The van der Waals surface area contributed by atoms with E-state index in [9.17, 15) is 0 Å². The minimum Gasteiger partial charge on any atom is -0.309 e. The molecule has 2 nitrogen and oxygen atoms in total. The monoisotopic (exact) mass is 272 g/mol. The van der Waals surface area contributed by atoms with Crippen LogP contribution < -0.4 is 5.32 Å². The second-order valence-electron chi connectivity index (χ2n) is 6.81. The first-order chi connectivity index (χ1) is 9.70. The standard InChI is InChI=1S/C18H28N2/c1-4-9-19-18-16-8-6-5-7-15(16)10-17(18)20-11-13(2)14(3)12-20/h5-8,13-14,17-19H,4,9-12H2,1-3H3. The van der Waals surface area contributed by atoms with E-state index >= 15 is 0 Å². The number of nitrogens with zero attached hydrogens (tertiary/aromatic N) is 1. The molecular weight excluding hydrogens is 244 g/mol. The molecule has 1 heterocycles. The Morgan fingerprint density at radius 1 is 1.15 bits per heavy atom. The van der Waals surface area contributed by atoms with Crippen molar-refractivity contribution in [3.05, 3.63) is 35.4 Å². The predicted molar refractivity (Wildman–Crippen MR) is 84.9 cm³/mol. The highest BCUT2D eigenvalue weighted by molar-refractivity contribution is 5.37. The number of nitrogens with one attached hydrogen (secondary N) is 1. The zero-order valence-electron chi connectivity index (χ0n) is 13.1. The van der Waals surface area contributed by atoms with E-state index in [4.69, 9.17) is 0 Å². The number of benzene rings is 1. The van der Waals surface area contributed by atoms with Crippen LogP contribution in [0.2, 0.25) is 0 Å². The number of hydrogen-bond acceptors (Lipinski definition) is 2. The Morgan fingerprint density at radius 2 is 1.85 bits per heavy atom. The van der Waals surface area contributed by atoms with Gasteiger partial charge in [0.2, 0.25) is 0 Å². The molecule has 3 rings (SSSR count). The fourth-order valence-corrected chi connectivity index (χ4v) is 3.90. The van der Waals surface area contributed by atoms with Gasteiger partial charge in [-0.3, -0.25) is 4.90 Å². The van der Waals surface area contributed by atoms with Crippen molar-refractivity contribution in [3.63, 3.8) is 0 Å². The SMILES string of the molecule is CCCNC1c2ccccc2CC1N1CC(C)C(C)C1. The molecule has 2 aliphatic rings. The van der Waals surface area contributed by atoms with Crippen molar-refractivity contribution in [2.24, 2.45) is 11.8 Å². The molecule has 0 radical (unpaired) electrons. The Kier molecular flexibility index (Phi) is 4.13. The Hall–Kier alpha value is -0.860. The Labute approximate surface area is 123 Å². The van der Waals surface area contributed by atoms with Gasteiger partial charge in [-0.2, -0.15) is 0 Å². The van der Waals surface area contributed by atoms with Crippen LogP contribution in [0.5, 0.6) is 0 Å².